The zero-order valence-corrected chi connectivity index (χ0v) is 22.0. The highest BCUT2D eigenvalue weighted by molar-refractivity contribution is 9.10. The summed E-state index contributed by atoms with van der Waals surface area (Å²) in [7, 11) is 0. The smallest absolute Gasteiger partial charge is 0.255 e. The number of aliphatic imine (C=N–C) groups is 1. The lowest BCUT2D eigenvalue weighted by Crippen LogP contribution is -2.32. The van der Waals surface area contributed by atoms with Gasteiger partial charge >= 0.3 is 0 Å². The number of benzene rings is 2. The second-order valence-electron chi connectivity index (χ2n) is 7.48. The first-order valence-corrected chi connectivity index (χ1v) is 12.8. The van der Waals surface area contributed by atoms with Crippen molar-refractivity contribution in [3.63, 3.8) is 0 Å². The average molecular weight is 566 g/mol. The summed E-state index contributed by atoms with van der Waals surface area (Å²) in [6.07, 6.45) is 0.660. The number of halogens is 2. The van der Waals surface area contributed by atoms with Gasteiger partial charge in [-0.3, -0.25) is 9.59 Å². The van der Waals surface area contributed by atoms with Gasteiger partial charge in [-0.1, -0.05) is 45.4 Å². The van der Waals surface area contributed by atoms with Crippen molar-refractivity contribution < 1.29 is 14.3 Å². The summed E-state index contributed by atoms with van der Waals surface area (Å²) in [6.45, 7) is 5.43. The summed E-state index contributed by atoms with van der Waals surface area (Å²) < 4.78 is 6.25. The molecule has 0 aliphatic carbocycles. The number of amides is 2. The van der Waals surface area contributed by atoms with Gasteiger partial charge < -0.3 is 21.1 Å². The van der Waals surface area contributed by atoms with Gasteiger partial charge in [0.05, 0.1) is 11.3 Å². The van der Waals surface area contributed by atoms with Crippen LogP contribution >= 0.6 is 39.3 Å². The molecule has 4 N–H and O–H groups in total. The zero-order chi connectivity index (χ0) is 24.7. The number of thioether (sulfide) groups is 1. The molecule has 1 unspecified atom stereocenters. The van der Waals surface area contributed by atoms with E-state index in [-0.39, 0.29) is 23.1 Å². The number of anilines is 1. The minimum absolute atomic E-state index is 0.166. The summed E-state index contributed by atoms with van der Waals surface area (Å²) >= 11 is 10.7. The van der Waals surface area contributed by atoms with Gasteiger partial charge in [-0.25, -0.2) is 4.99 Å². The highest BCUT2D eigenvalue weighted by Crippen LogP contribution is 2.36. The molecule has 180 valence electrons. The van der Waals surface area contributed by atoms with Gasteiger partial charge in [0, 0.05) is 40.6 Å². The molecule has 10 heteroatoms. The quantitative estimate of drug-likeness (QED) is 0.373. The Morgan fingerprint density at radius 2 is 2.06 bits per heavy atom. The molecule has 0 saturated heterocycles. The van der Waals surface area contributed by atoms with Crippen molar-refractivity contribution in [2.24, 2.45) is 10.7 Å². The van der Waals surface area contributed by atoms with Crippen LogP contribution in [0.2, 0.25) is 5.02 Å². The van der Waals surface area contributed by atoms with Crippen molar-refractivity contribution in [3.05, 3.63) is 68.8 Å². The van der Waals surface area contributed by atoms with Crippen molar-refractivity contribution in [2.45, 2.75) is 25.5 Å². The first kappa shape index (κ1) is 26.3. The Balaban J connectivity index is 1.84. The summed E-state index contributed by atoms with van der Waals surface area (Å²) in [5.74, 6) is -0.709. The molecule has 1 atom stereocenters. The Morgan fingerprint density at radius 3 is 2.76 bits per heavy atom. The molecule has 0 bridgehead atoms. The lowest BCUT2D eigenvalue weighted by atomic mass is 10.1. The summed E-state index contributed by atoms with van der Waals surface area (Å²) in [5.41, 5.74) is 8.91. The van der Waals surface area contributed by atoms with Crippen LogP contribution in [0.3, 0.4) is 0 Å². The molecule has 0 saturated carbocycles. The van der Waals surface area contributed by atoms with E-state index in [1.54, 1.807) is 30.3 Å². The van der Waals surface area contributed by atoms with Gasteiger partial charge in [0.1, 0.15) is 10.3 Å². The number of nitrogens with one attached hydrogen (secondary N) is 2. The van der Waals surface area contributed by atoms with Crippen LogP contribution in [0.1, 0.15) is 18.9 Å². The molecular formula is C24H26BrClN4O3S. The fourth-order valence-corrected chi connectivity index (χ4v) is 4.75. The van der Waals surface area contributed by atoms with Gasteiger partial charge in [0.2, 0.25) is 5.91 Å². The number of nitrogens with two attached hydrogens (primary N) is 1. The molecule has 2 aromatic rings. The average Bonchev–Trinajstić information content (AvgIpc) is 3.12. The van der Waals surface area contributed by atoms with E-state index in [1.807, 2.05) is 26.0 Å². The van der Waals surface area contributed by atoms with Crippen molar-refractivity contribution >= 4 is 67.5 Å². The van der Waals surface area contributed by atoms with Crippen molar-refractivity contribution in [3.8, 4) is 0 Å². The SMILES string of the molecule is CCOCCCNC(=O)C1=C(N)C(C(=O)Nc2ccc(Br)c(C)c2)SC1=Nc1cccc(Cl)c1. The van der Waals surface area contributed by atoms with Crippen LogP contribution in [-0.4, -0.2) is 41.9 Å². The van der Waals surface area contributed by atoms with E-state index >= 15 is 0 Å². The lowest BCUT2D eigenvalue weighted by molar-refractivity contribution is -0.117. The standard InChI is InChI=1S/C24H26BrClN4O3S/c1-3-33-11-5-10-28-22(31)19-20(27)21(23(32)29-17-8-9-18(25)14(2)12-17)34-24(19)30-16-7-4-6-15(26)13-16/h4,6-9,12-13,21H,3,5,10-11,27H2,1-2H3,(H,28,31)(H,29,32). The largest absolute Gasteiger partial charge is 0.400 e. The van der Waals surface area contributed by atoms with Crippen LogP contribution < -0.4 is 16.4 Å². The third-order valence-corrected chi connectivity index (χ3v) is 7.25. The van der Waals surface area contributed by atoms with Crippen molar-refractivity contribution in [2.75, 3.05) is 25.1 Å². The number of ether oxygens (including phenoxy) is 1. The molecular weight excluding hydrogens is 540 g/mol. The minimum Gasteiger partial charge on any atom is -0.400 e. The number of nitrogens with zero attached hydrogens (tertiary/aromatic N) is 1. The third-order valence-electron chi connectivity index (χ3n) is 4.90. The van der Waals surface area contributed by atoms with E-state index in [9.17, 15) is 9.59 Å². The van der Waals surface area contributed by atoms with Crippen LogP contribution in [0.5, 0.6) is 0 Å². The second kappa shape index (κ2) is 12.4. The van der Waals surface area contributed by atoms with Crippen LogP contribution in [0, 0.1) is 6.92 Å². The predicted molar refractivity (Wildman–Crippen MR) is 143 cm³/mol. The van der Waals surface area contributed by atoms with E-state index in [0.717, 1.165) is 21.8 Å². The van der Waals surface area contributed by atoms with E-state index < -0.39 is 5.25 Å². The number of carbonyl (C=O) groups is 2. The first-order chi connectivity index (χ1) is 16.3. The second-order valence-corrected chi connectivity index (χ2v) is 9.87. The molecule has 2 aromatic carbocycles. The van der Waals surface area contributed by atoms with Gasteiger partial charge in [-0.15, -0.1) is 0 Å². The number of hydrogen-bond donors (Lipinski definition) is 3. The van der Waals surface area contributed by atoms with Crippen molar-refractivity contribution in [1.82, 2.24) is 5.32 Å². The Morgan fingerprint density at radius 1 is 1.26 bits per heavy atom. The van der Waals surface area contributed by atoms with Gasteiger partial charge in [0.25, 0.3) is 5.91 Å². The predicted octanol–water partition coefficient (Wildman–Crippen LogP) is 4.95. The summed E-state index contributed by atoms with van der Waals surface area (Å²) in [4.78, 5) is 30.7. The minimum atomic E-state index is -0.800. The fraction of sp³-hybridized carbons (Fsp3) is 0.292. The van der Waals surface area contributed by atoms with Gasteiger partial charge in [-0.2, -0.15) is 0 Å². The van der Waals surface area contributed by atoms with Crippen molar-refractivity contribution in [1.29, 1.82) is 0 Å². The van der Waals surface area contributed by atoms with Gasteiger partial charge in [-0.05, 0) is 62.2 Å². The van der Waals surface area contributed by atoms with Gasteiger partial charge in [0.15, 0.2) is 0 Å². The number of carbonyl (C=O) groups excluding carboxylic acids is 2. The highest BCUT2D eigenvalue weighted by atomic mass is 79.9. The summed E-state index contributed by atoms with van der Waals surface area (Å²) in [5, 5.41) is 5.82. The van der Waals surface area contributed by atoms with E-state index in [2.05, 4.69) is 31.6 Å². The van der Waals surface area contributed by atoms with Crippen LogP contribution in [-0.2, 0) is 14.3 Å². The topological polar surface area (TPSA) is 106 Å². The molecule has 3 rings (SSSR count). The maximum absolute atomic E-state index is 13.1. The first-order valence-electron chi connectivity index (χ1n) is 10.7. The normalized spacial score (nSPS) is 16.7. The number of hydrogen-bond acceptors (Lipinski definition) is 6. The molecule has 1 aliphatic rings. The summed E-state index contributed by atoms with van der Waals surface area (Å²) in [6, 6.07) is 12.5. The molecule has 2 amide bonds. The fourth-order valence-electron chi connectivity index (χ4n) is 3.20. The molecule has 1 aliphatic heterocycles. The Hall–Kier alpha value is -2.33. The molecule has 0 radical (unpaired) electrons. The number of aryl methyl sites for hydroxylation is 1. The lowest BCUT2D eigenvalue weighted by Gasteiger charge is -2.12. The Bertz CT molecular complexity index is 1140. The monoisotopic (exact) mass is 564 g/mol. The zero-order valence-electron chi connectivity index (χ0n) is 18.9. The molecule has 0 fully saturated rings. The molecule has 1 heterocycles. The Labute approximate surface area is 216 Å². The van der Waals surface area contributed by atoms with E-state index in [4.69, 9.17) is 22.1 Å². The van der Waals surface area contributed by atoms with Crippen LogP contribution in [0.25, 0.3) is 0 Å². The van der Waals surface area contributed by atoms with Crippen LogP contribution in [0.15, 0.2) is 63.2 Å². The molecule has 0 spiro atoms. The Kier molecular flexibility index (Phi) is 9.58. The highest BCUT2D eigenvalue weighted by Gasteiger charge is 2.38. The maximum Gasteiger partial charge on any atom is 0.255 e. The molecule has 34 heavy (non-hydrogen) atoms. The van der Waals surface area contributed by atoms with Crippen LogP contribution in [0.4, 0.5) is 11.4 Å². The maximum atomic E-state index is 13.1. The molecule has 0 aromatic heterocycles. The third kappa shape index (κ3) is 6.85. The molecule has 7 nitrogen and oxygen atoms in total. The van der Waals surface area contributed by atoms with E-state index in [1.165, 1.54) is 0 Å². The van der Waals surface area contributed by atoms with E-state index in [0.29, 0.717) is 47.6 Å². The number of rotatable bonds is 9.